The van der Waals surface area contributed by atoms with Crippen molar-refractivity contribution in [1.82, 2.24) is 10.9 Å². The highest BCUT2D eigenvalue weighted by Gasteiger charge is 2.18. The molecule has 0 spiro atoms. The Balaban J connectivity index is 2.02. The Hall–Kier alpha value is -3.62. The van der Waals surface area contributed by atoms with Gasteiger partial charge in [0.2, 0.25) is 10.0 Å². The number of nitrogens with two attached hydrogens (primary N) is 1. The number of nitriles is 1. The minimum absolute atomic E-state index is 0.0818. The van der Waals surface area contributed by atoms with Crippen LogP contribution in [0.5, 0.6) is 11.5 Å². The molecule has 10 nitrogen and oxygen atoms in total. The molecule has 0 bridgehead atoms. The van der Waals surface area contributed by atoms with Crippen LogP contribution < -0.4 is 25.5 Å². The number of nitrogens with zero attached hydrogens (tertiary/aromatic N) is 1. The van der Waals surface area contributed by atoms with Crippen molar-refractivity contribution >= 4 is 21.8 Å². The third kappa shape index (κ3) is 5.19. The lowest BCUT2D eigenvalue weighted by atomic mass is 10.2. The van der Waals surface area contributed by atoms with Crippen LogP contribution in [0.25, 0.3) is 0 Å². The Morgan fingerprint density at radius 3 is 2.50 bits per heavy atom. The molecule has 0 aliphatic heterocycles. The number of amides is 2. The monoisotopic (exact) mass is 404 g/mol. The Morgan fingerprint density at radius 1 is 1.14 bits per heavy atom. The van der Waals surface area contributed by atoms with E-state index in [2.05, 4.69) is 10.9 Å². The standard InChI is InChI=1S/C17H16N4O6S/c1-26-15-7-6-12(28(19,24)25)8-13(15)17(23)21-20-16(22)10-27-14-5-3-2-4-11(14)9-18/h2-8H,10H2,1H3,(H,20,22)(H,21,23)(H2,19,24,25). The van der Waals surface area contributed by atoms with Crippen LogP contribution in [-0.4, -0.2) is 33.9 Å². The molecule has 4 N–H and O–H groups in total. The molecule has 0 aliphatic rings. The van der Waals surface area contributed by atoms with Crippen molar-refractivity contribution in [3.05, 3.63) is 53.6 Å². The van der Waals surface area contributed by atoms with Gasteiger partial charge in [-0.3, -0.25) is 20.4 Å². The molecule has 0 saturated carbocycles. The molecule has 2 aromatic carbocycles. The maximum absolute atomic E-state index is 12.3. The van der Waals surface area contributed by atoms with Crippen molar-refractivity contribution in [2.75, 3.05) is 13.7 Å². The number of nitrogens with one attached hydrogen (secondary N) is 2. The van der Waals surface area contributed by atoms with Gasteiger partial charge in [-0.25, -0.2) is 13.6 Å². The first-order valence-corrected chi connectivity index (χ1v) is 9.23. The zero-order chi connectivity index (χ0) is 20.7. The molecular weight excluding hydrogens is 388 g/mol. The van der Waals surface area contributed by atoms with Crippen LogP contribution in [0.1, 0.15) is 15.9 Å². The third-order valence-electron chi connectivity index (χ3n) is 3.43. The summed E-state index contributed by atoms with van der Waals surface area (Å²) in [6.07, 6.45) is 0. The number of primary sulfonamides is 1. The van der Waals surface area contributed by atoms with Gasteiger partial charge in [0.05, 0.1) is 23.1 Å². The highest BCUT2D eigenvalue weighted by atomic mass is 32.2. The molecule has 0 atom stereocenters. The lowest BCUT2D eigenvalue weighted by Gasteiger charge is -2.12. The van der Waals surface area contributed by atoms with E-state index < -0.39 is 28.4 Å². The third-order valence-corrected chi connectivity index (χ3v) is 4.34. The lowest BCUT2D eigenvalue weighted by molar-refractivity contribution is -0.123. The van der Waals surface area contributed by atoms with E-state index in [0.29, 0.717) is 0 Å². The quantitative estimate of drug-likeness (QED) is 0.573. The van der Waals surface area contributed by atoms with E-state index in [1.807, 2.05) is 6.07 Å². The Bertz CT molecular complexity index is 1050. The molecule has 0 aliphatic carbocycles. The molecule has 0 saturated heterocycles. The maximum atomic E-state index is 12.3. The second kappa shape index (κ2) is 8.85. The number of hydrogen-bond donors (Lipinski definition) is 3. The Kier molecular flexibility index (Phi) is 6.54. The zero-order valence-electron chi connectivity index (χ0n) is 14.6. The fourth-order valence-corrected chi connectivity index (χ4v) is 2.64. The van der Waals surface area contributed by atoms with E-state index >= 15 is 0 Å². The van der Waals surface area contributed by atoms with Gasteiger partial charge in [-0.05, 0) is 30.3 Å². The summed E-state index contributed by atoms with van der Waals surface area (Å²) in [6, 6.07) is 11.7. The van der Waals surface area contributed by atoms with Gasteiger partial charge < -0.3 is 9.47 Å². The maximum Gasteiger partial charge on any atom is 0.276 e. The van der Waals surface area contributed by atoms with Gasteiger partial charge in [-0.15, -0.1) is 0 Å². The van der Waals surface area contributed by atoms with E-state index in [0.717, 1.165) is 6.07 Å². The summed E-state index contributed by atoms with van der Waals surface area (Å²) in [7, 11) is -2.74. The number of rotatable bonds is 6. The van der Waals surface area contributed by atoms with Crippen molar-refractivity contribution < 1.29 is 27.5 Å². The van der Waals surface area contributed by atoms with E-state index in [1.165, 1.54) is 31.4 Å². The number of sulfonamides is 1. The van der Waals surface area contributed by atoms with Crippen LogP contribution in [0.4, 0.5) is 0 Å². The average molecular weight is 404 g/mol. The second-order valence-corrected chi connectivity index (χ2v) is 6.87. The smallest absolute Gasteiger partial charge is 0.276 e. The molecule has 2 aromatic rings. The molecule has 0 heterocycles. The van der Waals surface area contributed by atoms with Gasteiger partial charge in [0.25, 0.3) is 11.8 Å². The number of benzene rings is 2. The summed E-state index contributed by atoms with van der Waals surface area (Å²) >= 11 is 0. The average Bonchev–Trinajstić information content (AvgIpc) is 2.69. The van der Waals surface area contributed by atoms with Crippen molar-refractivity contribution in [3.63, 3.8) is 0 Å². The normalized spacial score (nSPS) is 10.5. The minimum atomic E-state index is -4.03. The number of hydrogen-bond acceptors (Lipinski definition) is 7. The second-order valence-electron chi connectivity index (χ2n) is 5.31. The first-order chi connectivity index (χ1) is 13.3. The molecule has 0 aromatic heterocycles. The molecule has 2 rings (SSSR count). The van der Waals surface area contributed by atoms with Crippen molar-refractivity contribution in [3.8, 4) is 17.6 Å². The van der Waals surface area contributed by atoms with Crippen LogP contribution in [0, 0.1) is 11.3 Å². The largest absolute Gasteiger partial charge is 0.496 e. The fourth-order valence-electron chi connectivity index (χ4n) is 2.10. The molecule has 28 heavy (non-hydrogen) atoms. The van der Waals surface area contributed by atoms with Crippen LogP contribution >= 0.6 is 0 Å². The van der Waals surface area contributed by atoms with Gasteiger partial charge >= 0.3 is 0 Å². The first-order valence-electron chi connectivity index (χ1n) is 7.68. The van der Waals surface area contributed by atoms with Crippen LogP contribution in [0.3, 0.4) is 0 Å². The van der Waals surface area contributed by atoms with Crippen molar-refractivity contribution in [2.45, 2.75) is 4.90 Å². The molecule has 0 unspecified atom stereocenters. The number of hydrazine groups is 1. The molecule has 2 amide bonds. The van der Waals surface area contributed by atoms with Gasteiger partial charge in [0.15, 0.2) is 6.61 Å². The first kappa shape index (κ1) is 20.7. The van der Waals surface area contributed by atoms with Crippen LogP contribution in [0.2, 0.25) is 0 Å². The van der Waals surface area contributed by atoms with Gasteiger partial charge in [0.1, 0.15) is 17.6 Å². The molecule has 146 valence electrons. The molecular formula is C17H16N4O6S. The summed E-state index contributed by atoms with van der Waals surface area (Å²) in [4.78, 5) is 23.8. The lowest BCUT2D eigenvalue weighted by Crippen LogP contribution is -2.44. The SMILES string of the molecule is COc1ccc(S(N)(=O)=O)cc1C(=O)NNC(=O)COc1ccccc1C#N. The van der Waals surface area contributed by atoms with E-state index in [1.54, 1.807) is 12.1 Å². The van der Waals surface area contributed by atoms with Crippen LogP contribution in [0.15, 0.2) is 47.4 Å². The highest BCUT2D eigenvalue weighted by Crippen LogP contribution is 2.21. The van der Waals surface area contributed by atoms with Crippen molar-refractivity contribution in [1.29, 1.82) is 5.26 Å². The predicted octanol–water partition coefficient (Wildman–Crippen LogP) is 0.0543. The van der Waals surface area contributed by atoms with E-state index in [-0.39, 0.29) is 27.5 Å². The fraction of sp³-hybridized carbons (Fsp3) is 0.118. The molecule has 11 heteroatoms. The number of methoxy groups -OCH3 is 1. The predicted molar refractivity (Wildman–Crippen MR) is 96.6 cm³/mol. The Labute approximate surface area is 160 Å². The topological polar surface area (TPSA) is 161 Å². The number of para-hydroxylation sites is 1. The summed E-state index contributed by atoms with van der Waals surface area (Å²) in [5.41, 5.74) is 4.34. The van der Waals surface area contributed by atoms with Crippen molar-refractivity contribution in [2.24, 2.45) is 5.14 Å². The zero-order valence-corrected chi connectivity index (χ0v) is 15.4. The molecule has 0 fully saturated rings. The number of ether oxygens (including phenoxy) is 2. The van der Waals surface area contributed by atoms with Gasteiger partial charge in [0, 0.05) is 0 Å². The number of carbonyl (C=O) groups is 2. The minimum Gasteiger partial charge on any atom is -0.496 e. The highest BCUT2D eigenvalue weighted by molar-refractivity contribution is 7.89. The van der Waals surface area contributed by atoms with E-state index in [4.69, 9.17) is 19.9 Å². The summed E-state index contributed by atoms with van der Waals surface area (Å²) in [5.74, 6) is -1.23. The summed E-state index contributed by atoms with van der Waals surface area (Å²) < 4.78 is 33.1. The van der Waals surface area contributed by atoms with Gasteiger partial charge in [-0.2, -0.15) is 5.26 Å². The summed E-state index contributed by atoms with van der Waals surface area (Å²) in [6.45, 7) is -0.465. The van der Waals surface area contributed by atoms with E-state index in [9.17, 15) is 18.0 Å². The number of carbonyl (C=O) groups excluding carboxylic acids is 2. The van der Waals surface area contributed by atoms with Gasteiger partial charge in [-0.1, -0.05) is 12.1 Å². The molecule has 0 radical (unpaired) electrons. The Morgan fingerprint density at radius 2 is 1.86 bits per heavy atom. The van der Waals surface area contributed by atoms with Crippen LogP contribution in [-0.2, 0) is 14.8 Å². The summed E-state index contributed by atoms with van der Waals surface area (Å²) in [5, 5.41) is 14.0.